The van der Waals surface area contributed by atoms with Crippen molar-refractivity contribution in [1.82, 2.24) is 9.88 Å². The zero-order valence-electron chi connectivity index (χ0n) is 12.8. The number of ether oxygens (including phenoxy) is 2. The number of halogens is 1. The van der Waals surface area contributed by atoms with Gasteiger partial charge in [0.05, 0.1) is 24.7 Å². The van der Waals surface area contributed by atoms with E-state index in [0.29, 0.717) is 6.61 Å². The molecule has 2 aromatic heterocycles. The van der Waals surface area contributed by atoms with Crippen LogP contribution in [0.4, 0.5) is 4.39 Å². The zero-order chi connectivity index (χ0) is 15.7. The lowest BCUT2D eigenvalue weighted by Crippen LogP contribution is -2.64. The van der Waals surface area contributed by atoms with Gasteiger partial charge in [0.25, 0.3) is 0 Å². The minimum absolute atomic E-state index is 0.0733. The van der Waals surface area contributed by atoms with Crippen molar-refractivity contribution < 1.29 is 18.3 Å². The number of aromatic nitrogens is 1. The predicted molar refractivity (Wildman–Crippen MR) is 80.5 cm³/mol. The summed E-state index contributed by atoms with van der Waals surface area (Å²) in [5.41, 5.74) is 1.01. The van der Waals surface area contributed by atoms with Crippen LogP contribution < -0.4 is 4.74 Å². The Morgan fingerprint density at radius 3 is 3.09 bits per heavy atom. The molecular formula is C17H19FN2O3. The molecule has 0 bridgehead atoms. The number of nitrogens with zero attached hydrogens (tertiary/aromatic N) is 2. The van der Waals surface area contributed by atoms with Crippen LogP contribution in [0, 0.1) is 11.7 Å². The lowest BCUT2D eigenvalue weighted by molar-refractivity contribution is -0.140. The topological polar surface area (TPSA) is 47.7 Å². The monoisotopic (exact) mass is 318 g/mol. The summed E-state index contributed by atoms with van der Waals surface area (Å²) in [5.74, 6) is -0.0794. The van der Waals surface area contributed by atoms with E-state index in [2.05, 4.69) is 9.88 Å². The quantitative estimate of drug-likeness (QED) is 0.847. The minimum Gasteiger partial charge on any atom is -0.475 e. The van der Waals surface area contributed by atoms with E-state index < -0.39 is 5.82 Å². The Kier molecular flexibility index (Phi) is 3.79. The van der Waals surface area contributed by atoms with Crippen molar-refractivity contribution in [2.45, 2.75) is 18.6 Å². The molecule has 0 unspecified atom stereocenters. The van der Waals surface area contributed by atoms with Gasteiger partial charge in [-0.2, -0.15) is 0 Å². The highest BCUT2D eigenvalue weighted by Gasteiger charge is 2.53. The highest BCUT2D eigenvalue weighted by atomic mass is 19.1. The first-order chi connectivity index (χ1) is 11.3. The number of hydrogen-bond acceptors (Lipinski definition) is 5. The number of hydrogen-bond donors (Lipinski definition) is 0. The fourth-order valence-electron chi connectivity index (χ4n) is 3.49. The Labute approximate surface area is 134 Å². The summed E-state index contributed by atoms with van der Waals surface area (Å²) in [4.78, 5) is 6.26. The Hall–Kier alpha value is -1.92. The molecule has 4 rings (SSSR count). The molecule has 0 radical (unpaired) electrons. The Balaban J connectivity index is 1.34. The molecule has 0 saturated carbocycles. The van der Waals surface area contributed by atoms with Gasteiger partial charge in [-0.05, 0) is 24.6 Å². The molecule has 0 aliphatic carbocycles. The van der Waals surface area contributed by atoms with Gasteiger partial charge in [-0.15, -0.1) is 0 Å². The molecular weight excluding hydrogens is 299 g/mol. The molecule has 2 saturated heterocycles. The van der Waals surface area contributed by atoms with Gasteiger partial charge in [0.15, 0.2) is 5.82 Å². The first-order valence-corrected chi connectivity index (χ1v) is 7.86. The highest BCUT2D eigenvalue weighted by Crippen LogP contribution is 2.40. The van der Waals surface area contributed by atoms with Gasteiger partial charge in [-0.1, -0.05) is 0 Å². The lowest BCUT2D eigenvalue weighted by atomic mass is 9.81. The predicted octanol–water partition coefficient (Wildman–Crippen LogP) is 2.48. The van der Waals surface area contributed by atoms with Crippen molar-refractivity contribution in [2.24, 2.45) is 5.92 Å². The fourth-order valence-corrected chi connectivity index (χ4v) is 3.49. The van der Waals surface area contributed by atoms with Crippen molar-refractivity contribution in [3.05, 3.63) is 48.3 Å². The molecule has 2 aliphatic heterocycles. The second kappa shape index (κ2) is 5.94. The third kappa shape index (κ3) is 2.84. The van der Waals surface area contributed by atoms with Crippen LogP contribution in [0.2, 0.25) is 0 Å². The van der Waals surface area contributed by atoms with Crippen LogP contribution in [0.5, 0.6) is 5.88 Å². The maximum Gasteiger partial charge on any atom is 0.250 e. The minimum atomic E-state index is -0.421. The standard InChI is InChI=1S/C17H19FN2O3/c18-15-2-1-5-19-16(15)22-10-14-4-7-23-17(14)11-20(12-17)8-13-3-6-21-9-13/h1-3,5-6,9,14H,4,7-8,10-12H2/t14-/m1/s1. The molecule has 2 aromatic rings. The van der Waals surface area contributed by atoms with E-state index in [1.807, 2.05) is 6.07 Å². The van der Waals surface area contributed by atoms with Crippen LogP contribution in [0.3, 0.4) is 0 Å². The van der Waals surface area contributed by atoms with Crippen LogP contribution in [-0.2, 0) is 11.3 Å². The second-order valence-corrected chi connectivity index (χ2v) is 6.28. The second-order valence-electron chi connectivity index (χ2n) is 6.28. The van der Waals surface area contributed by atoms with E-state index >= 15 is 0 Å². The van der Waals surface area contributed by atoms with Crippen molar-refractivity contribution >= 4 is 0 Å². The van der Waals surface area contributed by atoms with E-state index in [1.54, 1.807) is 18.6 Å². The summed E-state index contributed by atoms with van der Waals surface area (Å²) in [6.07, 6.45) is 5.93. The van der Waals surface area contributed by atoms with Crippen molar-refractivity contribution in [1.29, 1.82) is 0 Å². The van der Waals surface area contributed by atoms with Gasteiger partial charge < -0.3 is 13.9 Å². The number of rotatable bonds is 5. The maximum atomic E-state index is 13.6. The molecule has 1 spiro atoms. The van der Waals surface area contributed by atoms with Crippen molar-refractivity contribution in [3.8, 4) is 5.88 Å². The largest absolute Gasteiger partial charge is 0.475 e. The molecule has 1 atom stereocenters. The van der Waals surface area contributed by atoms with E-state index in [9.17, 15) is 4.39 Å². The number of pyridine rings is 1. The average Bonchev–Trinajstić information content (AvgIpc) is 3.16. The zero-order valence-corrected chi connectivity index (χ0v) is 12.8. The maximum absolute atomic E-state index is 13.6. The Morgan fingerprint density at radius 1 is 1.39 bits per heavy atom. The van der Waals surface area contributed by atoms with Crippen LogP contribution >= 0.6 is 0 Å². The molecule has 0 amide bonds. The molecule has 6 heteroatoms. The van der Waals surface area contributed by atoms with Crippen LogP contribution in [0.15, 0.2) is 41.3 Å². The first kappa shape index (κ1) is 14.7. The van der Waals surface area contributed by atoms with E-state index in [4.69, 9.17) is 13.9 Å². The van der Waals surface area contributed by atoms with Gasteiger partial charge in [0, 0.05) is 43.9 Å². The average molecular weight is 318 g/mol. The number of likely N-dealkylation sites (tertiary alicyclic amines) is 1. The smallest absolute Gasteiger partial charge is 0.250 e. The lowest BCUT2D eigenvalue weighted by Gasteiger charge is -2.50. The van der Waals surface area contributed by atoms with Gasteiger partial charge in [-0.25, -0.2) is 9.37 Å². The van der Waals surface area contributed by atoms with Crippen molar-refractivity contribution in [3.63, 3.8) is 0 Å². The van der Waals surface area contributed by atoms with Crippen LogP contribution in [0.1, 0.15) is 12.0 Å². The molecule has 5 nitrogen and oxygen atoms in total. The van der Waals surface area contributed by atoms with Crippen LogP contribution in [-0.4, -0.2) is 41.8 Å². The highest BCUT2D eigenvalue weighted by molar-refractivity contribution is 5.14. The molecule has 0 N–H and O–H groups in total. The van der Waals surface area contributed by atoms with E-state index in [0.717, 1.165) is 32.7 Å². The molecule has 23 heavy (non-hydrogen) atoms. The van der Waals surface area contributed by atoms with E-state index in [1.165, 1.54) is 17.8 Å². The van der Waals surface area contributed by atoms with Gasteiger partial charge in [0.1, 0.15) is 0 Å². The molecule has 2 aliphatic rings. The Morgan fingerprint density at radius 2 is 2.30 bits per heavy atom. The first-order valence-electron chi connectivity index (χ1n) is 7.86. The van der Waals surface area contributed by atoms with Gasteiger partial charge >= 0.3 is 0 Å². The molecule has 122 valence electrons. The van der Waals surface area contributed by atoms with Crippen molar-refractivity contribution in [2.75, 3.05) is 26.3 Å². The summed E-state index contributed by atoms with van der Waals surface area (Å²) < 4.78 is 30.3. The molecule has 2 fully saturated rings. The summed E-state index contributed by atoms with van der Waals surface area (Å²) in [6.45, 7) is 3.78. The summed E-state index contributed by atoms with van der Waals surface area (Å²) in [5, 5.41) is 0. The molecule has 0 aromatic carbocycles. The molecule has 4 heterocycles. The van der Waals surface area contributed by atoms with Gasteiger partial charge in [0.2, 0.25) is 5.88 Å². The number of furan rings is 1. The summed E-state index contributed by atoms with van der Waals surface area (Å²) >= 11 is 0. The third-order valence-corrected chi connectivity index (χ3v) is 4.71. The van der Waals surface area contributed by atoms with Gasteiger partial charge in [-0.3, -0.25) is 4.90 Å². The Bertz CT molecular complexity index is 656. The summed E-state index contributed by atoms with van der Waals surface area (Å²) in [6, 6.07) is 4.90. The third-order valence-electron chi connectivity index (χ3n) is 4.71. The SMILES string of the molecule is Fc1cccnc1OC[C@H]1CCOC12CN(Cc1ccoc1)C2. The summed E-state index contributed by atoms with van der Waals surface area (Å²) in [7, 11) is 0. The fraction of sp³-hybridized carbons (Fsp3) is 0.471. The normalized spacial score (nSPS) is 23.1. The van der Waals surface area contributed by atoms with Crippen LogP contribution in [0.25, 0.3) is 0 Å². The van der Waals surface area contributed by atoms with E-state index in [-0.39, 0.29) is 17.4 Å².